The molecule has 1 unspecified atom stereocenters. The molecule has 1 heterocycles. The Labute approximate surface area is 105 Å². The molecule has 0 spiro atoms. The molecule has 1 aromatic carbocycles. The van der Waals surface area contributed by atoms with E-state index in [0.29, 0.717) is 5.92 Å². The van der Waals surface area contributed by atoms with Gasteiger partial charge in [0.05, 0.1) is 0 Å². The second-order valence-corrected chi connectivity index (χ2v) is 6.24. The molecule has 0 bridgehead atoms. The van der Waals surface area contributed by atoms with E-state index in [1.165, 1.54) is 23.2 Å². The quantitative estimate of drug-likeness (QED) is 0.819. The summed E-state index contributed by atoms with van der Waals surface area (Å²) in [6.45, 7) is 11.0. The number of anilines is 1. The molecule has 17 heavy (non-hydrogen) atoms. The molecule has 0 radical (unpaired) electrons. The second kappa shape index (κ2) is 4.69. The van der Waals surface area contributed by atoms with E-state index in [0.717, 1.165) is 13.1 Å². The van der Waals surface area contributed by atoms with Crippen molar-refractivity contribution < 1.29 is 0 Å². The van der Waals surface area contributed by atoms with E-state index in [4.69, 9.17) is 0 Å². The third kappa shape index (κ3) is 3.47. The minimum atomic E-state index is 0.215. The van der Waals surface area contributed by atoms with Gasteiger partial charge in [0.1, 0.15) is 0 Å². The highest BCUT2D eigenvalue weighted by atomic mass is 15.0. The van der Waals surface area contributed by atoms with E-state index in [1.807, 2.05) is 0 Å². The van der Waals surface area contributed by atoms with E-state index in [9.17, 15) is 0 Å². The maximum Gasteiger partial charge on any atom is 0.0373 e. The molecule has 1 aliphatic rings. The van der Waals surface area contributed by atoms with Gasteiger partial charge in [-0.15, -0.1) is 0 Å². The Morgan fingerprint density at radius 2 is 2.12 bits per heavy atom. The second-order valence-electron chi connectivity index (χ2n) is 6.24. The Kier molecular flexibility index (Phi) is 3.43. The van der Waals surface area contributed by atoms with Crippen molar-refractivity contribution in [1.29, 1.82) is 0 Å². The first-order valence-electron chi connectivity index (χ1n) is 6.52. The van der Waals surface area contributed by atoms with Crippen molar-refractivity contribution in [2.24, 2.45) is 5.92 Å². The highest BCUT2D eigenvalue weighted by Crippen LogP contribution is 2.25. The molecule has 2 N–H and O–H groups in total. The average Bonchev–Trinajstić information content (AvgIpc) is 2.24. The molecule has 1 aromatic rings. The van der Waals surface area contributed by atoms with Gasteiger partial charge in [-0.05, 0) is 51.7 Å². The zero-order valence-electron chi connectivity index (χ0n) is 11.4. The minimum absolute atomic E-state index is 0.215. The van der Waals surface area contributed by atoms with E-state index in [1.54, 1.807) is 0 Å². The molecule has 0 saturated carbocycles. The van der Waals surface area contributed by atoms with Crippen LogP contribution in [0.3, 0.4) is 0 Å². The van der Waals surface area contributed by atoms with Gasteiger partial charge < -0.3 is 10.6 Å². The molecule has 2 rings (SSSR count). The Balaban J connectivity index is 1.98. The Bertz CT molecular complexity index is 390. The van der Waals surface area contributed by atoms with Gasteiger partial charge in [0, 0.05) is 24.3 Å². The van der Waals surface area contributed by atoms with E-state index >= 15 is 0 Å². The third-order valence-electron chi connectivity index (χ3n) is 3.27. The molecule has 94 valence electrons. The summed E-state index contributed by atoms with van der Waals surface area (Å²) in [6, 6.07) is 6.70. The fourth-order valence-corrected chi connectivity index (χ4v) is 2.30. The summed E-state index contributed by atoms with van der Waals surface area (Å²) in [4.78, 5) is 0. The number of nitrogens with one attached hydrogen (secondary N) is 2. The number of benzene rings is 1. The number of hydrogen-bond acceptors (Lipinski definition) is 2. The molecule has 0 amide bonds. The fourth-order valence-electron chi connectivity index (χ4n) is 2.30. The van der Waals surface area contributed by atoms with Crippen LogP contribution in [0.15, 0.2) is 18.2 Å². The molecular weight excluding hydrogens is 208 g/mol. The molecule has 2 nitrogen and oxygen atoms in total. The topological polar surface area (TPSA) is 24.1 Å². The molecule has 0 aromatic heterocycles. The van der Waals surface area contributed by atoms with Crippen LogP contribution in [0.1, 0.15) is 31.9 Å². The molecule has 1 aliphatic heterocycles. The first kappa shape index (κ1) is 12.4. The minimum Gasteiger partial charge on any atom is -0.384 e. The molecule has 2 heteroatoms. The number of fused-ring (bicyclic) bond motifs is 1. The van der Waals surface area contributed by atoms with Crippen LogP contribution in [-0.4, -0.2) is 18.6 Å². The highest BCUT2D eigenvalue weighted by Gasteiger charge is 2.19. The predicted molar refractivity (Wildman–Crippen MR) is 74.6 cm³/mol. The fraction of sp³-hybridized carbons (Fsp3) is 0.600. The summed E-state index contributed by atoms with van der Waals surface area (Å²) in [5, 5.41) is 7.13. The van der Waals surface area contributed by atoms with E-state index < -0.39 is 0 Å². The lowest BCUT2D eigenvalue weighted by Gasteiger charge is -2.30. The first-order chi connectivity index (χ1) is 7.94. The molecule has 0 saturated heterocycles. The average molecular weight is 232 g/mol. The Hall–Kier alpha value is -1.02. The maximum atomic E-state index is 3.60. The van der Waals surface area contributed by atoms with E-state index in [-0.39, 0.29) is 5.54 Å². The summed E-state index contributed by atoms with van der Waals surface area (Å²) in [7, 11) is 0. The van der Waals surface area contributed by atoms with Crippen molar-refractivity contribution in [1.82, 2.24) is 5.32 Å². The Morgan fingerprint density at radius 1 is 1.35 bits per heavy atom. The van der Waals surface area contributed by atoms with Crippen molar-refractivity contribution in [2.45, 2.75) is 39.7 Å². The summed E-state index contributed by atoms with van der Waals surface area (Å²) < 4.78 is 0. The van der Waals surface area contributed by atoms with Gasteiger partial charge in [0.2, 0.25) is 0 Å². The van der Waals surface area contributed by atoms with Crippen molar-refractivity contribution in [3.05, 3.63) is 29.3 Å². The van der Waals surface area contributed by atoms with Crippen LogP contribution in [-0.2, 0) is 6.42 Å². The smallest absolute Gasteiger partial charge is 0.0373 e. The number of hydrogen-bond donors (Lipinski definition) is 2. The SMILES string of the molecule is Cc1ccc2c(c1)CC(CNC(C)(C)C)CN2. The summed E-state index contributed by atoms with van der Waals surface area (Å²) in [5.41, 5.74) is 4.36. The van der Waals surface area contributed by atoms with Crippen LogP contribution < -0.4 is 10.6 Å². The van der Waals surface area contributed by atoms with Gasteiger partial charge in [-0.2, -0.15) is 0 Å². The highest BCUT2D eigenvalue weighted by molar-refractivity contribution is 5.54. The van der Waals surface area contributed by atoms with Gasteiger partial charge in [-0.3, -0.25) is 0 Å². The predicted octanol–water partition coefficient (Wildman–Crippen LogP) is 2.97. The van der Waals surface area contributed by atoms with Crippen LogP contribution in [0.4, 0.5) is 5.69 Å². The standard InChI is InChI=1S/C15H24N2/c1-11-5-6-14-13(7-11)8-12(9-16-14)10-17-15(2,3)4/h5-7,12,16-17H,8-10H2,1-4H3. The van der Waals surface area contributed by atoms with Crippen molar-refractivity contribution in [3.63, 3.8) is 0 Å². The lowest BCUT2D eigenvalue weighted by Crippen LogP contribution is -2.42. The summed E-state index contributed by atoms with van der Waals surface area (Å²) in [5.74, 6) is 0.698. The number of aryl methyl sites for hydroxylation is 1. The van der Waals surface area contributed by atoms with Crippen molar-refractivity contribution in [3.8, 4) is 0 Å². The van der Waals surface area contributed by atoms with Crippen LogP contribution in [0.25, 0.3) is 0 Å². The Morgan fingerprint density at radius 3 is 2.82 bits per heavy atom. The lowest BCUT2D eigenvalue weighted by atomic mass is 9.92. The molecular formula is C15H24N2. The summed E-state index contributed by atoms with van der Waals surface area (Å²) >= 11 is 0. The lowest BCUT2D eigenvalue weighted by molar-refractivity contribution is 0.373. The van der Waals surface area contributed by atoms with Crippen LogP contribution in [0.2, 0.25) is 0 Å². The van der Waals surface area contributed by atoms with E-state index in [2.05, 4.69) is 56.5 Å². The third-order valence-corrected chi connectivity index (χ3v) is 3.27. The van der Waals surface area contributed by atoms with Crippen LogP contribution in [0.5, 0.6) is 0 Å². The molecule has 1 atom stereocenters. The van der Waals surface area contributed by atoms with Crippen LogP contribution in [0, 0.1) is 12.8 Å². The van der Waals surface area contributed by atoms with Gasteiger partial charge in [-0.1, -0.05) is 17.7 Å². The normalized spacial score (nSPS) is 19.6. The maximum absolute atomic E-state index is 3.60. The van der Waals surface area contributed by atoms with Gasteiger partial charge >= 0.3 is 0 Å². The molecule has 0 aliphatic carbocycles. The number of rotatable bonds is 2. The zero-order chi connectivity index (χ0) is 12.5. The molecule has 0 fully saturated rings. The van der Waals surface area contributed by atoms with Crippen molar-refractivity contribution in [2.75, 3.05) is 18.4 Å². The van der Waals surface area contributed by atoms with Gasteiger partial charge in [0.15, 0.2) is 0 Å². The first-order valence-corrected chi connectivity index (χ1v) is 6.52. The zero-order valence-corrected chi connectivity index (χ0v) is 11.4. The van der Waals surface area contributed by atoms with Crippen molar-refractivity contribution >= 4 is 5.69 Å². The monoisotopic (exact) mass is 232 g/mol. The largest absolute Gasteiger partial charge is 0.384 e. The van der Waals surface area contributed by atoms with Gasteiger partial charge in [0.25, 0.3) is 0 Å². The summed E-state index contributed by atoms with van der Waals surface area (Å²) in [6.07, 6.45) is 1.19. The van der Waals surface area contributed by atoms with Gasteiger partial charge in [-0.25, -0.2) is 0 Å². The van der Waals surface area contributed by atoms with Crippen LogP contribution >= 0.6 is 0 Å².